The second-order valence-electron chi connectivity index (χ2n) is 5.53. The van der Waals surface area contributed by atoms with Gasteiger partial charge in [0, 0.05) is 18.6 Å². The first-order chi connectivity index (χ1) is 8.62. The molecule has 1 aliphatic rings. The minimum atomic E-state index is 0.238. The van der Waals surface area contributed by atoms with Gasteiger partial charge in [-0.15, -0.1) is 0 Å². The van der Waals surface area contributed by atoms with Crippen LogP contribution in [-0.4, -0.2) is 52.2 Å². The summed E-state index contributed by atoms with van der Waals surface area (Å²) in [5, 5.41) is 3.58. The van der Waals surface area contributed by atoms with E-state index in [2.05, 4.69) is 26.1 Å². The smallest absolute Gasteiger partial charge is 0.0704 e. The fourth-order valence-corrected chi connectivity index (χ4v) is 2.33. The number of nitrogens with one attached hydrogen (secondary N) is 1. The molecule has 1 aliphatic carbocycles. The van der Waals surface area contributed by atoms with Crippen molar-refractivity contribution in [2.75, 3.05) is 40.1 Å². The fourth-order valence-electron chi connectivity index (χ4n) is 2.33. The highest BCUT2D eigenvalue weighted by atomic mass is 16.5. The minimum Gasteiger partial charge on any atom is -0.382 e. The molecule has 1 saturated carbocycles. The maximum absolute atomic E-state index is 5.88. The van der Waals surface area contributed by atoms with Crippen LogP contribution in [0.1, 0.15) is 33.6 Å². The van der Waals surface area contributed by atoms with Gasteiger partial charge in [0.05, 0.1) is 32.5 Å². The third-order valence-electron chi connectivity index (χ3n) is 3.80. The average Bonchev–Trinajstić information content (AvgIpc) is 2.35. The van der Waals surface area contributed by atoms with Gasteiger partial charge in [-0.1, -0.05) is 20.8 Å². The lowest BCUT2D eigenvalue weighted by Crippen LogP contribution is -2.61. The minimum absolute atomic E-state index is 0.238. The van der Waals surface area contributed by atoms with Gasteiger partial charge in [0.25, 0.3) is 0 Å². The van der Waals surface area contributed by atoms with Gasteiger partial charge in [0.1, 0.15) is 0 Å². The molecule has 0 aromatic rings. The Morgan fingerprint density at radius 1 is 1.17 bits per heavy atom. The Morgan fingerprint density at radius 2 is 1.89 bits per heavy atom. The SMILES string of the molecule is CCCNC1CC(OCCOCCOC)C1(C)C. The van der Waals surface area contributed by atoms with Crippen molar-refractivity contribution >= 4 is 0 Å². The first-order valence-corrected chi connectivity index (χ1v) is 7.04. The Labute approximate surface area is 111 Å². The molecule has 0 aromatic carbocycles. The van der Waals surface area contributed by atoms with Crippen LogP contribution in [0.25, 0.3) is 0 Å². The van der Waals surface area contributed by atoms with E-state index in [-0.39, 0.29) is 5.41 Å². The normalized spacial score (nSPS) is 26.0. The number of hydrogen-bond acceptors (Lipinski definition) is 4. The van der Waals surface area contributed by atoms with E-state index in [9.17, 15) is 0 Å². The molecule has 0 bridgehead atoms. The standard InChI is InChI=1S/C14H29NO3/c1-5-6-15-12-11-13(14(12,2)3)18-10-9-17-8-7-16-4/h12-13,15H,5-11H2,1-4H3. The zero-order chi connectivity index (χ0) is 13.4. The molecule has 0 radical (unpaired) electrons. The summed E-state index contributed by atoms with van der Waals surface area (Å²) in [6.45, 7) is 10.5. The first-order valence-electron chi connectivity index (χ1n) is 7.04. The van der Waals surface area contributed by atoms with Crippen LogP contribution in [0.15, 0.2) is 0 Å². The van der Waals surface area contributed by atoms with Crippen LogP contribution in [0.4, 0.5) is 0 Å². The molecule has 0 amide bonds. The Bertz CT molecular complexity index is 221. The molecule has 0 heterocycles. The lowest BCUT2D eigenvalue weighted by molar-refractivity contribution is -0.127. The molecule has 1 rings (SSSR count). The molecule has 0 saturated heterocycles. The zero-order valence-electron chi connectivity index (χ0n) is 12.3. The number of hydrogen-bond donors (Lipinski definition) is 1. The molecule has 4 heteroatoms. The summed E-state index contributed by atoms with van der Waals surface area (Å²) in [6, 6.07) is 0.594. The van der Waals surface area contributed by atoms with Gasteiger partial charge < -0.3 is 19.5 Å². The lowest BCUT2D eigenvalue weighted by atomic mass is 9.64. The summed E-state index contributed by atoms with van der Waals surface area (Å²) in [5.74, 6) is 0. The second kappa shape index (κ2) is 8.10. The maximum atomic E-state index is 5.88. The zero-order valence-corrected chi connectivity index (χ0v) is 12.3. The van der Waals surface area contributed by atoms with E-state index < -0.39 is 0 Å². The van der Waals surface area contributed by atoms with Gasteiger partial charge in [-0.3, -0.25) is 0 Å². The van der Waals surface area contributed by atoms with Gasteiger partial charge in [0.2, 0.25) is 0 Å². The second-order valence-corrected chi connectivity index (χ2v) is 5.53. The summed E-state index contributed by atoms with van der Waals surface area (Å²) in [7, 11) is 1.68. The quantitative estimate of drug-likeness (QED) is 0.608. The predicted octanol–water partition coefficient (Wildman–Crippen LogP) is 1.83. The van der Waals surface area contributed by atoms with Crippen LogP contribution in [0.2, 0.25) is 0 Å². The highest BCUT2D eigenvalue weighted by Crippen LogP contribution is 2.42. The van der Waals surface area contributed by atoms with Gasteiger partial charge in [0.15, 0.2) is 0 Å². The van der Waals surface area contributed by atoms with Gasteiger partial charge in [-0.2, -0.15) is 0 Å². The molecular weight excluding hydrogens is 230 g/mol. The van der Waals surface area contributed by atoms with E-state index in [1.54, 1.807) is 7.11 Å². The van der Waals surface area contributed by atoms with E-state index in [0.717, 1.165) is 13.0 Å². The molecule has 108 valence electrons. The Kier molecular flexibility index (Phi) is 7.15. The van der Waals surface area contributed by atoms with Crippen LogP contribution in [0.3, 0.4) is 0 Å². The molecule has 0 aliphatic heterocycles. The van der Waals surface area contributed by atoms with Gasteiger partial charge in [-0.25, -0.2) is 0 Å². The van der Waals surface area contributed by atoms with Crippen molar-refractivity contribution in [3.63, 3.8) is 0 Å². The number of ether oxygens (including phenoxy) is 3. The molecule has 18 heavy (non-hydrogen) atoms. The summed E-state index contributed by atoms with van der Waals surface area (Å²) >= 11 is 0. The van der Waals surface area contributed by atoms with Crippen molar-refractivity contribution in [2.45, 2.75) is 45.8 Å². The third kappa shape index (κ3) is 4.50. The van der Waals surface area contributed by atoms with Crippen molar-refractivity contribution in [3.8, 4) is 0 Å². The van der Waals surface area contributed by atoms with Gasteiger partial charge >= 0.3 is 0 Å². The van der Waals surface area contributed by atoms with E-state index in [0.29, 0.717) is 38.6 Å². The molecule has 0 spiro atoms. The molecule has 1 fully saturated rings. The summed E-state index contributed by atoms with van der Waals surface area (Å²) in [4.78, 5) is 0. The maximum Gasteiger partial charge on any atom is 0.0704 e. The van der Waals surface area contributed by atoms with Crippen LogP contribution < -0.4 is 5.32 Å². The Balaban J connectivity index is 2.06. The number of rotatable bonds is 10. The molecule has 4 nitrogen and oxygen atoms in total. The molecule has 2 unspecified atom stereocenters. The Morgan fingerprint density at radius 3 is 2.50 bits per heavy atom. The van der Waals surface area contributed by atoms with Crippen LogP contribution in [-0.2, 0) is 14.2 Å². The highest BCUT2D eigenvalue weighted by molar-refractivity contribution is 5.02. The largest absolute Gasteiger partial charge is 0.382 e. The third-order valence-corrected chi connectivity index (χ3v) is 3.80. The first kappa shape index (κ1) is 15.9. The van der Waals surface area contributed by atoms with E-state index >= 15 is 0 Å². The molecule has 1 N–H and O–H groups in total. The highest BCUT2D eigenvalue weighted by Gasteiger charge is 2.48. The van der Waals surface area contributed by atoms with E-state index in [4.69, 9.17) is 14.2 Å². The van der Waals surface area contributed by atoms with Crippen molar-refractivity contribution in [2.24, 2.45) is 5.41 Å². The summed E-state index contributed by atoms with van der Waals surface area (Å²) in [5.41, 5.74) is 0.238. The number of methoxy groups -OCH3 is 1. The molecule has 2 atom stereocenters. The summed E-state index contributed by atoms with van der Waals surface area (Å²) < 4.78 is 16.2. The topological polar surface area (TPSA) is 39.7 Å². The van der Waals surface area contributed by atoms with E-state index in [1.165, 1.54) is 6.42 Å². The average molecular weight is 259 g/mol. The fraction of sp³-hybridized carbons (Fsp3) is 1.00. The van der Waals surface area contributed by atoms with Crippen molar-refractivity contribution < 1.29 is 14.2 Å². The van der Waals surface area contributed by atoms with Crippen molar-refractivity contribution in [3.05, 3.63) is 0 Å². The van der Waals surface area contributed by atoms with E-state index in [1.807, 2.05) is 0 Å². The van der Waals surface area contributed by atoms with Crippen LogP contribution in [0, 0.1) is 5.41 Å². The van der Waals surface area contributed by atoms with Crippen LogP contribution >= 0.6 is 0 Å². The lowest BCUT2D eigenvalue weighted by Gasteiger charge is -2.52. The monoisotopic (exact) mass is 259 g/mol. The predicted molar refractivity (Wildman–Crippen MR) is 72.9 cm³/mol. The van der Waals surface area contributed by atoms with Crippen LogP contribution in [0.5, 0.6) is 0 Å². The Hall–Kier alpha value is -0.160. The molecule has 0 aromatic heterocycles. The summed E-state index contributed by atoms with van der Waals surface area (Å²) in [6.07, 6.45) is 2.66. The molecular formula is C14H29NO3. The van der Waals surface area contributed by atoms with Gasteiger partial charge in [-0.05, 0) is 19.4 Å². The van der Waals surface area contributed by atoms with Crippen molar-refractivity contribution in [1.29, 1.82) is 0 Å². The van der Waals surface area contributed by atoms with Crippen molar-refractivity contribution in [1.82, 2.24) is 5.32 Å².